The van der Waals surface area contributed by atoms with Crippen LogP contribution in [0.5, 0.6) is 11.5 Å². The molecule has 7 rings (SSSR count). The normalized spacial score (nSPS) is 44.8. The summed E-state index contributed by atoms with van der Waals surface area (Å²) in [4.78, 5) is 2.60. The van der Waals surface area contributed by atoms with E-state index in [9.17, 15) is 0 Å². The maximum Gasteiger partial charge on any atom is 0.231 e. The third-order valence-corrected chi connectivity index (χ3v) is 5.74. The molecular weight excluding hydrogens is 254 g/mol. The molecule has 1 spiro atoms. The molecule has 2 unspecified atom stereocenters. The maximum absolute atomic E-state index is 6.26. The number of hydrogen-bond acceptors (Lipinski definition) is 4. The summed E-state index contributed by atoms with van der Waals surface area (Å²) in [7, 11) is 0. The first-order chi connectivity index (χ1) is 9.84. The lowest BCUT2D eigenvalue weighted by Gasteiger charge is -2.51. The summed E-state index contributed by atoms with van der Waals surface area (Å²) in [5.41, 5.74) is 2.82. The first-order valence-corrected chi connectivity index (χ1v) is 7.36. The predicted octanol–water partition coefficient (Wildman–Crippen LogP) is 1.58. The van der Waals surface area contributed by atoms with E-state index in [1.54, 1.807) is 0 Å². The number of nitrogens with zero attached hydrogens (tertiary/aromatic N) is 1. The Morgan fingerprint density at radius 1 is 1.20 bits per heavy atom. The van der Waals surface area contributed by atoms with Gasteiger partial charge in [0.1, 0.15) is 0 Å². The highest BCUT2D eigenvalue weighted by molar-refractivity contribution is 5.57. The van der Waals surface area contributed by atoms with Crippen LogP contribution >= 0.6 is 0 Å². The molecule has 2 fully saturated rings. The average Bonchev–Trinajstić information content (AvgIpc) is 2.95. The molecule has 0 aromatic heterocycles. The molecule has 1 aliphatic carbocycles. The third kappa shape index (κ3) is 0.950. The molecule has 2 saturated heterocycles. The van der Waals surface area contributed by atoms with E-state index in [-0.39, 0.29) is 5.41 Å². The molecule has 4 heteroatoms. The molecule has 0 amide bonds. The van der Waals surface area contributed by atoms with Crippen molar-refractivity contribution in [3.05, 3.63) is 35.4 Å². The van der Waals surface area contributed by atoms with Gasteiger partial charge in [0, 0.05) is 19.1 Å². The SMILES string of the molecule is C1=CC23c4cc5c(cc4CN4C[C@@H]2O[C@H]1C[C@H]43)OCO5. The van der Waals surface area contributed by atoms with Crippen LogP contribution in [0.15, 0.2) is 24.3 Å². The van der Waals surface area contributed by atoms with Crippen LogP contribution in [0.25, 0.3) is 0 Å². The van der Waals surface area contributed by atoms with Crippen molar-refractivity contribution < 1.29 is 14.2 Å². The van der Waals surface area contributed by atoms with Crippen molar-refractivity contribution in [3.63, 3.8) is 0 Å². The van der Waals surface area contributed by atoms with Gasteiger partial charge in [-0.05, 0) is 29.7 Å². The maximum atomic E-state index is 6.26. The quantitative estimate of drug-likeness (QED) is 0.669. The molecule has 6 aliphatic rings. The van der Waals surface area contributed by atoms with E-state index in [0.29, 0.717) is 25.0 Å². The molecule has 0 saturated carbocycles. The highest BCUT2D eigenvalue weighted by atomic mass is 16.7. The summed E-state index contributed by atoms with van der Waals surface area (Å²) < 4.78 is 17.4. The standard InChI is InChI=1S/C16H15NO3/c1-2-16-11-5-13-12(18-8-19-13)3-9(11)6-17-7-15(16)20-10(1)4-14(16)17/h1-3,5,10,14-15H,4,6-8H2/t10-,14+,15+,16?/m1/s1. The molecule has 5 bridgehead atoms. The van der Waals surface area contributed by atoms with Gasteiger partial charge in [-0.2, -0.15) is 0 Å². The Morgan fingerprint density at radius 3 is 3.05 bits per heavy atom. The minimum atomic E-state index is 0.0450. The number of hydrogen-bond donors (Lipinski definition) is 0. The van der Waals surface area contributed by atoms with Crippen LogP contribution in [0.4, 0.5) is 0 Å². The van der Waals surface area contributed by atoms with E-state index in [2.05, 4.69) is 29.2 Å². The largest absolute Gasteiger partial charge is 0.454 e. The molecule has 102 valence electrons. The Kier molecular flexibility index (Phi) is 1.56. The Bertz CT molecular complexity index is 670. The van der Waals surface area contributed by atoms with Gasteiger partial charge in [0.25, 0.3) is 0 Å². The van der Waals surface area contributed by atoms with Crippen LogP contribution in [0, 0.1) is 0 Å². The van der Waals surface area contributed by atoms with Gasteiger partial charge in [-0.25, -0.2) is 0 Å². The number of ether oxygens (including phenoxy) is 3. The predicted molar refractivity (Wildman–Crippen MR) is 70.9 cm³/mol. The minimum absolute atomic E-state index is 0.0450. The molecule has 1 aromatic rings. The zero-order chi connectivity index (χ0) is 12.9. The zero-order valence-corrected chi connectivity index (χ0v) is 11.0. The molecule has 5 heterocycles. The number of fused-ring (bicyclic) bond motifs is 2. The molecule has 0 N–H and O–H groups in total. The van der Waals surface area contributed by atoms with Crippen molar-refractivity contribution in [1.82, 2.24) is 4.90 Å². The molecular formula is C16H15NO3. The average molecular weight is 269 g/mol. The monoisotopic (exact) mass is 269 g/mol. The summed E-state index contributed by atoms with van der Waals surface area (Å²) >= 11 is 0. The van der Waals surface area contributed by atoms with Crippen LogP contribution in [-0.2, 0) is 16.7 Å². The summed E-state index contributed by atoms with van der Waals surface area (Å²) in [6, 6.07) is 4.98. The van der Waals surface area contributed by atoms with Crippen LogP contribution in [-0.4, -0.2) is 36.5 Å². The van der Waals surface area contributed by atoms with Gasteiger partial charge in [0.05, 0.1) is 17.6 Å². The van der Waals surface area contributed by atoms with Crippen molar-refractivity contribution in [1.29, 1.82) is 0 Å². The van der Waals surface area contributed by atoms with Crippen molar-refractivity contribution >= 4 is 0 Å². The van der Waals surface area contributed by atoms with E-state index in [0.717, 1.165) is 31.0 Å². The summed E-state index contributed by atoms with van der Waals surface area (Å²) in [6.07, 6.45) is 6.43. The van der Waals surface area contributed by atoms with Gasteiger partial charge in [-0.15, -0.1) is 0 Å². The van der Waals surface area contributed by atoms with E-state index in [4.69, 9.17) is 14.2 Å². The Hall–Kier alpha value is -1.52. The van der Waals surface area contributed by atoms with E-state index >= 15 is 0 Å². The highest BCUT2D eigenvalue weighted by Crippen LogP contribution is 2.57. The van der Waals surface area contributed by atoms with Gasteiger partial charge in [-0.3, -0.25) is 4.90 Å². The third-order valence-electron chi connectivity index (χ3n) is 5.74. The molecule has 5 aliphatic heterocycles. The molecule has 20 heavy (non-hydrogen) atoms. The lowest BCUT2D eigenvalue weighted by molar-refractivity contribution is -0.0561. The van der Waals surface area contributed by atoms with Crippen LogP contribution in [0.1, 0.15) is 17.5 Å². The smallest absolute Gasteiger partial charge is 0.231 e. The molecule has 1 aromatic carbocycles. The Morgan fingerprint density at radius 2 is 2.10 bits per heavy atom. The van der Waals surface area contributed by atoms with Crippen molar-refractivity contribution in [2.24, 2.45) is 0 Å². The van der Waals surface area contributed by atoms with Crippen molar-refractivity contribution in [3.8, 4) is 11.5 Å². The second-order valence-electron chi connectivity index (χ2n) is 6.50. The molecule has 5 atom stereocenters. The summed E-state index contributed by atoms with van der Waals surface area (Å²) in [6.45, 7) is 2.40. The fourth-order valence-corrected chi connectivity index (χ4v) is 4.96. The minimum Gasteiger partial charge on any atom is -0.454 e. The van der Waals surface area contributed by atoms with Gasteiger partial charge in [0.2, 0.25) is 6.79 Å². The number of rotatable bonds is 0. The van der Waals surface area contributed by atoms with Crippen molar-refractivity contribution in [2.75, 3.05) is 13.3 Å². The Labute approximate surface area is 116 Å². The van der Waals surface area contributed by atoms with E-state index in [1.807, 2.05) is 0 Å². The van der Waals surface area contributed by atoms with Gasteiger partial charge < -0.3 is 14.2 Å². The fourth-order valence-electron chi connectivity index (χ4n) is 4.96. The molecule has 0 radical (unpaired) electrons. The zero-order valence-electron chi connectivity index (χ0n) is 11.0. The summed E-state index contributed by atoms with van der Waals surface area (Å²) in [5, 5.41) is 0. The second kappa shape index (κ2) is 3.05. The van der Waals surface area contributed by atoms with Crippen LogP contribution in [0.2, 0.25) is 0 Å². The van der Waals surface area contributed by atoms with Gasteiger partial charge >= 0.3 is 0 Å². The first kappa shape index (κ1) is 10.2. The van der Waals surface area contributed by atoms with Gasteiger partial charge in [0.15, 0.2) is 11.5 Å². The van der Waals surface area contributed by atoms with E-state index < -0.39 is 0 Å². The highest BCUT2D eigenvalue weighted by Gasteiger charge is 2.63. The molecule has 4 nitrogen and oxygen atoms in total. The van der Waals surface area contributed by atoms with Crippen LogP contribution in [0.3, 0.4) is 0 Å². The van der Waals surface area contributed by atoms with E-state index in [1.165, 1.54) is 11.1 Å². The summed E-state index contributed by atoms with van der Waals surface area (Å²) in [5.74, 6) is 1.79. The second-order valence-corrected chi connectivity index (χ2v) is 6.50. The van der Waals surface area contributed by atoms with Crippen molar-refractivity contribution in [2.45, 2.75) is 36.6 Å². The Balaban J connectivity index is 1.66. The lowest BCUT2D eigenvalue weighted by atomic mass is 9.63. The first-order valence-electron chi connectivity index (χ1n) is 7.36. The van der Waals surface area contributed by atoms with Crippen LogP contribution < -0.4 is 9.47 Å². The fraction of sp³-hybridized carbons (Fsp3) is 0.500. The van der Waals surface area contributed by atoms with Gasteiger partial charge in [-0.1, -0.05) is 12.2 Å². The lowest BCUT2D eigenvalue weighted by Crippen LogP contribution is -2.57. The number of benzene rings is 1. The topological polar surface area (TPSA) is 30.9 Å².